The number of benzene rings is 4. The standard InChI is InChI=1S/C31H24F6/c1-3-4-16-31(36,37)26-11-6-5-10-24(26)19(2)21-14-15-25-20(8-7-9-22(25)17-21)12-13-23-18-27(32)29(34)30(35)28(23)33/h5-11,14-15,17-19H,3-4,16H2,1-2H3. The molecule has 0 fully saturated rings. The van der Waals surface area contributed by atoms with Crippen molar-refractivity contribution in [3.8, 4) is 11.8 Å². The van der Waals surface area contributed by atoms with Gasteiger partial charge in [-0.1, -0.05) is 86.7 Å². The van der Waals surface area contributed by atoms with Crippen LogP contribution in [0.2, 0.25) is 0 Å². The lowest BCUT2D eigenvalue weighted by Gasteiger charge is -2.23. The topological polar surface area (TPSA) is 0 Å². The second kappa shape index (κ2) is 10.7. The Kier molecular flexibility index (Phi) is 7.63. The molecular weight excluding hydrogens is 486 g/mol. The van der Waals surface area contributed by atoms with Crippen LogP contribution in [0, 0.1) is 35.1 Å². The largest absolute Gasteiger partial charge is 0.273 e. The third kappa shape index (κ3) is 5.36. The fraction of sp³-hybridized carbons (Fsp3) is 0.226. The summed E-state index contributed by atoms with van der Waals surface area (Å²) in [5, 5.41) is 1.46. The normalized spacial score (nSPS) is 12.3. The van der Waals surface area contributed by atoms with Crippen LogP contribution < -0.4 is 0 Å². The van der Waals surface area contributed by atoms with Gasteiger partial charge in [-0.2, -0.15) is 0 Å². The Morgan fingerprint density at radius 1 is 0.784 bits per heavy atom. The maximum absolute atomic E-state index is 15.0. The summed E-state index contributed by atoms with van der Waals surface area (Å²) in [6.45, 7) is 3.75. The minimum Gasteiger partial charge on any atom is -0.204 e. The van der Waals surface area contributed by atoms with E-state index < -0.39 is 34.8 Å². The summed E-state index contributed by atoms with van der Waals surface area (Å²) in [6.07, 6.45) is 0.896. The summed E-state index contributed by atoms with van der Waals surface area (Å²) in [4.78, 5) is 0. The monoisotopic (exact) mass is 510 g/mol. The lowest BCUT2D eigenvalue weighted by Crippen LogP contribution is -2.17. The van der Waals surface area contributed by atoms with Crippen molar-refractivity contribution in [2.45, 2.75) is 45.0 Å². The number of rotatable bonds is 6. The lowest BCUT2D eigenvalue weighted by atomic mass is 9.85. The molecule has 0 aliphatic rings. The fourth-order valence-corrected chi connectivity index (χ4v) is 4.40. The van der Waals surface area contributed by atoms with Gasteiger partial charge in [0.15, 0.2) is 23.3 Å². The molecule has 0 aliphatic heterocycles. The first kappa shape index (κ1) is 26.3. The first-order chi connectivity index (χ1) is 17.6. The summed E-state index contributed by atoms with van der Waals surface area (Å²) in [5.74, 6) is -5.06. The Balaban J connectivity index is 1.71. The number of fused-ring (bicyclic) bond motifs is 1. The van der Waals surface area contributed by atoms with Gasteiger partial charge in [-0.3, -0.25) is 0 Å². The molecule has 4 aromatic rings. The molecule has 0 aromatic heterocycles. The van der Waals surface area contributed by atoms with E-state index >= 15 is 8.78 Å². The molecule has 1 atom stereocenters. The van der Waals surface area contributed by atoms with Gasteiger partial charge >= 0.3 is 0 Å². The Hall–Kier alpha value is -3.72. The highest BCUT2D eigenvalue weighted by molar-refractivity contribution is 5.89. The van der Waals surface area contributed by atoms with Crippen molar-refractivity contribution in [1.29, 1.82) is 0 Å². The second-order valence-electron chi connectivity index (χ2n) is 9.00. The molecule has 6 heteroatoms. The average Bonchev–Trinajstić information content (AvgIpc) is 2.91. The number of alkyl halides is 2. The van der Waals surface area contributed by atoms with Crippen LogP contribution in [0.3, 0.4) is 0 Å². The number of hydrogen-bond acceptors (Lipinski definition) is 0. The maximum Gasteiger partial charge on any atom is 0.273 e. The third-order valence-electron chi connectivity index (χ3n) is 6.50. The quantitative estimate of drug-likeness (QED) is 0.105. The summed E-state index contributed by atoms with van der Waals surface area (Å²) in [6, 6.07) is 17.8. The second-order valence-corrected chi connectivity index (χ2v) is 9.00. The van der Waals surface area contributed by atoms with E-state index in [0.29, 0.717) is 35.4 Å². The van der Waals surface area contributed by atoms with E-state index in [9.17, 15) is 17.6 Å². The van der Waals surface area contributed by atoms with Crippen molar-refractivity contribution in [2.75, 3.05) is 0 Å². The molecule has 0 spiro atoms. The molecule has 0 amide bonds. The minimum absolute atomic E-state index is 0.0245. The van der Waals surface area contributed by atoms with Crippen LogP contribution in [0.1, 0.15) is 66.8 Å². The van der Waals surface area contributed by atoms with E-state index in [1.54, 1.807) is 36.4 Å². The smallest absolute Gasteiger partial charge is 0.204 e. The van der Waals surface area contributed by atoms with Crippen LogP contribution in [-0.2, 0) is 5.92 Å². The Labute approximate surface area is 212 Å². The Morgan fingerprint density at radius 3 is 2.27 bits per heavy atom. The lowest BCUT2D eigenvalue weighted by molar-refractivity contribution is -0.0163. The maximum atomic E-state index is 15.0. The van der Waals surface area contributed by atoms with Gasteiger partial charge < -0.3 is 0 Å². The zero-order valence-electron chi connectivity index (χ0n) is 20.3. The summed E-state index contributed by atoms with van der Waals surface area (Å²) >= 11 is 0. The molecule has 190 valence electrons. The van der Waals surface area contributed by atoms with E-state index in [2.05, 4.69) is 11.8 Å². The van der Waals surface area contributed by atoms with Crippen molar-refractivity contribution in [2.24, 2.45) is 0 Å². The van der Waals surface area contributed by atoms with Crippen LogP contribution in [0.25, 0.3) is 10.8 Å². The molecule has 4 aromatic carbocycles. The average molecular weight is 511 g/mol. The molecular formula is C31H24F6. The zero-order valence-corrected chi connectivity index (χ0v) is 20.3. The van der Waals surface area contributed by atoms with Crippen molar-refractivity contribution >= 4 is 10.8 Å². The SMILES string of the molecule is CCCCC(F)(F)c1ccccc1C(C)c1ccc2c(C#Cc3cc(F)c(F)c(F)c3F)cccc2c1. The van der Waals surface area contributed by atoms with Crippen LogP contribution in [0.15, 0.2) is 66.7 Å². The molecule has 0 aliphatic carbocycles. The highest BCUT2D eigenvalue weighted by atomic mass is 19.3. The first-order valence-electron chi connectivity index (χ1n) is 12.0. The highest BCUT2D eigenvalue weighted by Crippen LogP contribution is 2.40. The highest BCUT2D eigenvalue weighted by Gasteiger charge is 2.34. The number of unbranched alkanes of at least 4 members (excludes halogenated alkanes) is 1. The third-order valence-corrected chi connectivity index (χ3v) is 6.50. The van der Waals surface area contributed by atoms with Gasteiger partial charge in [-0.15, -0.1) is 0 Å². The number of halogens is 6. The van der Waals surface area contributed by atoms with Crippen LogP contribution >= 0.6 is 0 Å². The molecule has 0 saturated heterocycles. The molecule has 0 nitrogen and oxygen atoms in total. The molecule has 37 heavy (non-hydrogen) atoms. The van der Waals surface area contributed by atoms with Gasteiger partial charge in [0.25, 0.3) is 5.92 Å². The number of hydrogen-bond donors (Lipinski definition) is 0. The summed E-state index contributed by atoms with van der Waals surface area (Å²) in [7, 11) is 0. The van der Waals surface area contributed by atoms with E-state index in [1.807, 2.05) is 32.0 Å². The van der Waals surface area contributed by atoms with Gasteiger partial charge in [0.05, 0.1) is 5.56 Å². The van der Waals surface area contributed by atoms with Gasteiger partial charge in [-0.25, -0.2) is 26.3 Å². The van der Waals surface area contributed by atoms with Gasteiger partial charge in [-0.05, 0) is 40.5 Å². The van der Waals surface area contributed by atoms with E-state index in [1.165, 1.54) is 6.07 Å². The van der Waals surface area contributed by atoms with Crippen molar-refractivity contribution < 1.29 is 26.3 Å². The molecule has 0 radical (unpaired) electrons. The predicted octanol–water partition coefficient (Wildman–Crippen LogP) is 9.23. The van der Waals surface area contributed by atoms with Gasteiger partial charge in [0.2, 0.25) is 0 Å². The molecule has 0 heterocycles. The van der Waals surface area contributed by atoms with Crippen LogP contribution in [0.5, 0.6) is 0 Å². The Morgan fingerprint density at radius 2 is 1.51 bits per heavy atom. The first-order valence-corrected chi connectivity index (χ1v) is 12.0. The van der Waals surface area contributed by atoms with Crippen molar-refractivity contribution in [3.63, 3.8) is 0 Å². The zero-order chi connectivity index (χ0) is 26.7. The molecule has 4 rings (SSSR count). The molecule has 0 bridgehead atoms. The van der Waals surface area contributed by atoms with Crippen molar-refractivity contribution in [1.82, 2.24) is 0 Å². The summed E-state index contributed by atoms with van der Waals surface area (Å²) in [5.41, 5.74) is 1.27. The molecule has 0 saturated carbocycles. The van der Waals surface area contributed by atoms with Crippen molar-refractivity contribution in [3.05, 3.63) is 118 Å². The van der Waals surface area contributed by atoms with E-state index in [-0.39, 0.29) is 17.9 Å². The van der Waals surface area contributed by atoms with E-state index in [0.717, 1.165) is 10.9 Å². The van der Waals surface area contributed by atoms with Gasteiger partial charge in [0.1, 0.15) is 0 Å². The minimum atomic E-state index is -2.94. The van der Waals surface area contributed by atoms with E-state index in [4.69, 9.17) is 0 Å². The molecule has 0 N–H and O–H groups in total. The fourth-order valence-electron chi connectivity index (χ4n) is 4.40. The summed E-state index contributed by atoms with van der Waals surface area (Å²) < 4.78 is 84.3. The Bertz CT molecular complexity index is 1510. The molecule has 1 unspecified atom stereocenters. The van der Waals surface area contributed by atoms with Crippen LogP contribution in [0.4, 0.5) is 26.3 Å². The van der Waals surface area contributed by atoms with Crippen LogP contribution in [-0.4, -0.2) is 0 Å². The predicted molar refractivity (Wildman–Crippen MR) is 134 cm³/mol. The van der Waals surface area contributed by atoms with Gasteiger partial charge in [0, 0.05) is 23.5 Å².